The van der Waals surface area contributed by atoms with E-state index in [1.54, 1.807) is 20.8 Å². The SMILES string of the molecule is CC(C)(C)OC(=O)Nc1ccccc1C(CC(=O)O)C(F)(F)F. The third-order valence-corrected chi connectivity index (χ3v) is 2.75. The summed E-state index contributed by atoms with van der Waals surface area (Å²) in [7, 11) is 0. The number of amides is 1. The fraction of sp³-hybridized carbons (Fsp3) is 0.467. The van der Waals surface area contributed by atoms with Crippen LogP contribution in [-0.4, -0.2) is 28.9 Å². The number of hydrogen-bond donors (Lipinski definition) is 2. The van der Waals surface area contributed by atoms with Crippen molar-refractivity contribution in [2.24, 2.45) is 0 Å². The van der Waals surface area contributed by atoms with Crippen LogP contribution in [0.4, 0.5) is 23.7 Å². The van der Waals surface area contributed by atoms with Crippen molar-refractivity contribution in [3.63, 3.8) is 0 Å². The molecule has 0 spiro atoms. The first-order valence-electron chi connectivity index (χ1n) is 6.77. The summed E-state index contributed by atoms with van der Waals surface area (Å²) in [5.74, 6) is -3.81. The number of halogens is 3. The van der Waals surface area contributed by atoms with E-state index in [1.165, 1.54) is 18.2 Å². The van der Waals surface area contributed by atoms with Gasteiger partial charge in [-0.1, -0.05) is 18.2 Å². The topological polar surface area (TPSA) is 75.6 Å². The highest BCUT2D eigenvalue weighted by molar-refractivity contribution is 5.86. The molecule has 0 aliphatic carbocycles. The van der Waals surface area contributed by atoms with Crippen LogP contribution in [0, 0.1) is 0 Å². The van der Waals surface area contributed by atoms with Crippen LogP contribution >= 0.6 is 0 Å². The van der Waals surface area contributed by atoms with E-state index in [2.05, 4.69) is 5.32 Å². The van der Waals surface area contributed by atoms with Gasteiger partial charge in [-0.05, 0) is 32.4 Å². The highest BCUT2D eigenvalue weighted by Crippen LogP contribution is 2.40. The number of hydrogen-bond acceptors (Lipinski definition) is 3. The van der Waals surface area contributed by atoms with Crippen molar-refractivity contribution < 1.29 is 32.6 Å². The first-order chi connectivity index (χ1) is 10.4. The second kappa shape index (κ2) is 6.89. The fourth-order valence-corrected chi connectivity index (χ4v) is 1.90. The van der Waals surface area contributed by atoms with Crippen LogP contribution in [0.1, 0.15) is 38.7 Å². The van der Waals surface area contributed by atoms with Gasteiger partial charge in [0.1, 0.15) is 5.60 Å². The van der Waals surface area contributed by atoms with Gasteiger partial charge in [0.05, 0.1) is 12.3 Å². The summed E-state index contributed by atoms with van der Waals surface area (Å²) >= 11 is 0. The normalized spacial score (nSPS) is 13.3. The Morgan fingerprint density at radius 2 is 1.78 bits per heavy atom. The summed E-state index contributed by atoms with van der Waals surface area (Å²) in [6.07, 6.45) is -6.80. The van der Waals surface area contributed by atoms with Crippen molar-refractivity contribution in [2.45, 2.75) is 44.9 Å². The molecule has 0 saturated carbocycles. The van der Waals surface area contributed by atoms with Crippen molar-refractivity contribution >= 4 is 17.7 Å². The maximum Gasteiger partial charge on any atom is 0.412 e. The second-order valence-electron chi connectivity index (χ2n) is 5.91. The van der Waals surface area contributed by atoms with Crippen LogP contribution in [0.2, 0.25) is 0 Å². The molecule has 1 unspecified atom stereocenters. The molecule has 0 fully saturated rings. The molecule has 1 aromatic rings. The molecule has 0 heterocycles. The summed E-state index contributed by atoms with van der Waals surface area (Å²) < 4.78 is 44.4. The van der Waals surface area contributed by atoms with Gasteiger partial charge < -0.3 is 9.84 Å². The quantitative estimate of drug-likeness (QED) is 0.868. The van der Waals surface area contributed by atoms with Crippen molar-refractivity contribution in [1.82, 2.24) is 0 Å². The molecular weight excluding hydrogens is 315 g/mol. The van der Waals surface area contributed by atoms with Crippen LogP contribution in [0.15, 0.2) is 24.3 Å². The number of aliphatic carboxylic acids is 1. The summed E-state index contributed by atoms with van der Waals surface area (Å²) in [4.78, 5) is 22.5. The number of ether oxygens (including phenoxy) is 1. The predicted molar refractivity (Wildman–Crippen MR) is 77.3 cm³/mol. The molecule has 0 aromatic heterocycles. The van der Waals surface area contributed by atoms with Crippen LogP contribution in [0.5, 0.6) is 0 Å². The lowest BCUT2D eigenvalue weighted by Crippen LogP contribution is -2.29. The average Bonchev–Trinajstić information content (AvgIpc) is 2.33. The first kappa shape index (κ1) is 18.8. The van der Waals surface area contributed by atoms with Gasteiger partial charge in [-0.25, -0.2) is 4.79 Å². The summed E-state index contributed by atoms with van der Waals surface area (Å²) in [5, 5.41) is 11.0. The van der Waals surface area contributed by atoms with E-state index in [1.807, 2.05) is 0 Å². The van der Waals surface area contributed by atoms with Gasteiger partial charge in [0.2, 0.25) is 0 Å². The molecular formula is C15H18F3NO4. The standard InChI is InChI=1S/C15H18F3NO4/c1-14(2,3)23-13(22)19-11-7-5-4-6-9(11)10(8-12(20)21)15(16,17)18/h4-7,10H,8H2,1-3H3,(H,19,22)(H,20,21). The molecule has 1 atom stereocenters. The van der Waals surface area contributed by atoms with E-state index in [9.17, 15) is 22.8 Å². The molecule has 1 rings (SSSR count). The first-order valence-corrected chi connectivity index (χ1v) is 6.77. The van der Waals surface area contributed by atoms with Gasteiger partial charge >= 0.3 is 18.2 Å². The number of carboxylic acid groups (broad SMARTS) is 1. The molecule has 5 nitrogen and oxygen atoms in total. The minimum atomic E-state index is -4.76. The van der Waals surface area contributed by atoms with E-state index in [4.69, 9.17) is 9.84 Å². The molecule has 0 saturated heterocycles. The minimum Gasteiger partial charge on any atom is -0.481 e. The van der Waals surface area contributed by atoms with Crippen molar-refractivity contribution in [3.05, 3.63) is 29.8 Å². The Bertz CT molecular complexity index is 579. The Labute approximate surface area is 131 Å². The zero-order valence-electron chi connectivity index (χ0n) is 12.9. The molecule has 1 aromatic carbocycles. The van der Waals surface area contributed by atoms with Gasteiger partial charge in [0.15, 0.2) is 0 Å². The van der Waals surface area contributed by atoms with Crippen LogP contribution in [0.3, 0.4) is 0 Å². The van der Waals surface area contributed by atoms with E-state index in [-0.39, 0.29) is 11.3 Å². The number of carboxylic acids is 1. The number of alkyl halides is 3. The Hall–Kier alpha value is -2.25. The van der Waals surface area contributed by atoms with Crippen LogP contribution in [0.25, 0.3) is 0 Å². The number of rotatable bonds is 4. The fourth-order valence-electron chi connectivity index (χ4n) is 1.90. The monoisotopic (exact) mass is 333 g/mol. The van der Waals surface area contributed by atoms with E-state index < -0.39 is 36.2 Å². The lowest BCUT2D eigenvalue weighted by Gasteiger charge is -2.23. The zero-order valence-corrected chi connectivity index (χ0v) is 12.9. The molecule has 23 heavy (non-hydrogen) atoms. The Balaban J connectivity index is 3.12. The van der Waals surface area contributed by atoms with Gasteiger partial charge in [-0.3, -0.25) is 10.1 Å². The Kier molecular flexibility index (Phi) is 5.63. The zero-order chi connectivity index (χ0) is 17.8. The maximum absolute atomic E-state index is 13.1. The third-order valence-electron chi connectivity index (χ3n) is 2.75. The summed E-state index contributed by atoms with van der Waals surface area (Å²) in [6, 6.07) is 5.17. The molecule has 128 valence electrons. The predicted octanol–water partition coefficient (Wildman–Crippen LogP) is 4.15. The number of anilines is 1. The van der Waals surface area contributed by atoms with Gasteiger partial charge in [0.25, 0.3) is 0 Å². The number of nitrogens with one attached hydrogen (secondary N) is 1. The average molecular weight is 333 g/mol. The van der Waals surface area contributed by atoms with E-state index in [0.29, 0.717) is 0 Å². The molecule has 2 N–H and O–H groups in total. The molecule has 0 aliphatic rings. The minimum absolute atomic E-state index is 0.134. The second-order valence-corrected chi connectivity index (χ2v) is 5.91. The van der Waals surface area contributed by atoms with Crippen LogP contribution < -0.4 is 5.32 Å². The molecule has 1 amide bonds. The molecule has 0 aliphatic heterocycles. The van der Waals surface area contributed by atoms with E-state index >= 15 is 0 Å². The molecule has 0 radical (unpaired) electrons. The lowest BCUT2D eigenvalue weighted by molar-refractivity contribution is -0.163. The Morgan fingerprint density at radius 1 is 1.22 bits per heavy atom. The van der Waals surface area contributed by atoms with Gasteiger partial charge in [-0.15, -0.1) is 0 Å². The van der Waals surface area contributed by atoms with Crippen LogP contribution in [-0.2, 0) is 9.53 Å². The Morgan fingerprint density at radius 3 is 2.26 bits per heavy atom. The summed E-state index contributed by atoms with van der Waals surface area (Å²) in [6.45, 7) is 4.84. The summed E-state index contributed by atoms with van der Waals surface area (Å²) in [5.41, 5.74) is -1.28. The largest absolute Gasteiger partial charge is 0.481 e. The van der Waals surface area contributed by atoms with E-state index in [0.717, 1.165) is 6.07 Å². The highest BCUT2D eigenvalue weighted by Gasteiger charge is 2.43. The highest BCUT2D eigenvalue weighted by atomic mass is 19.4. The maximum atomic E-state index is 13.1. The van der Waals surface area contributed by atoms with Crippen molar-refractivity contribution in [3.8, 4) is 0 Å². The van der Waals surface area contributed by atoms with Gasteiger partial charge in [0, 0.05) is 5.69 Å². The van der Waals surface area contributed by atoms with Crippen molar-refractivity contribution in [1.29, 1.82) is 0 Å². The smallest absolute Gasteiger partial charge is 0.412 e. The third kappa shape index (κ3) is 6.17. The molecule has 0 bridgehead atoms. The lowest BCUT2D eigenvalue weighted by atomic mass is 9.93. The number of carbonyl (C=O) groups excluding carboxylic acids is 1. The number of carbonyl (C=O) groups is 2. The number of para-hydroxylation sites is 1. The molecule has 8 heteroatoms. The van der Waals surface area contributed by atoms with Crippen molar-refractivity contribution in [2.75, 3.05) is 5.32 Å². The number of benzene rings is 1. The van der Waals surface area contributed by atoms with Gasteiger partial charge in [-0.2, -0.15) is 13.2 Å².